The Bertz CT molecular complexity index is 469. The van der Waals surface area contributed by atoms with E-state index < -0.39 is 12.0 Å². The summed E-state index contributed by atoms with van der Waals surface area (Å²) in [4.78, 5) is 23.6. The van der Waals surface area contributed by atoms with Crippen LogP contribution in [-0.4, -0.2) is 42.8 Å². The molecule has 6 nitrogen and oxygen atoms in total. The van der Waals surface area contributed by atoms with Crippen molar-refractivity contribution in [2.75, 3.05) is 13.7 Å². The first-order valence-corrected chi connectivity index (χ1v) is 6.69. The normalized spacial score (nSPS) is 12.0. The van der Waals surface area contributed by atoms with Crippen molar-refractivity contribution in [1.82, 2.24) is 5.32 Å². The van der Waals surface area contributed by atoms with Crippen LogP contribution in [0.1, 0.15) is 19.4 Å². The molecule has 6 heteroatoms. The van der Waals surface area contributed by atoms with Crippen LogP contribution in [-0.2, 0) is 25.5 Å². The van der Waals surface area contributed by atoms with E-state index in [0.29, 0.717) is 0 Å². The highest BCUT2D eigenvalue weighted by Gasteiger charge is 2.23. The molecule has 1 aromatic rings. The quantitative estimate of drug-likeness (QED) is 0.734. The molecule has 0 aromatic heterocycles. The number of rotatable bonds is 7. The number of esters is 1. The second-order valence-corrected chi connectivity index (χ2v) is 4.91. The molecule has 0 saturated heterocycles. The maximum absolute atomic E-state index is 12.0. The zero-order valence-corrected chi connectivity index (χ0v) is 12.5. The second-order valence-electron chi connectivity index (χ2n) is 4.91. The molecule has 0 unspecified atom stereocenters. The number of carbonyl (C=O) groups excluding carboxylic acids is 2. The molecule has 1 aromatic carbocycles. The Balaban J connectivity index is 2.77. The molecule has 0 aliphatic heterocycles. The van der Waals surface area contributed by atoms with E-state index in [1.807, 2.05) is 0 Å². The molecule has 0 saturated carbocycles. The minimum absolute atomic E-state index is 0.124. The van der Waals surface area contributed by atoms with Crippen molar-refractivity contribution in [3.05, 3.63) is 29.8 Å². The van der Waals surface area contributed by atoms with E-state index >= 15 is 0 Å². The number of ether oxygens (including phenoxy) is 2. The van der Waals surface area contributed by atoms with Gasteiger partial charge in [-0.25, -0.2) is 4.79 Å². The summed E-state index contributed by atoms with van der Waals surface area (Å²) in [7, 11) is 1.40. The van der Waals surface area contributed by atoms with E-state index in [0.717, 1.165) is 5.56 Å². The van der Waals surface area contributed by atoms with E-state index in [1.54, 1.807) is 26.0 Å². The lowest BCUT2D eigenvalue weighted by atomic mass is 10.1. The van der Waals surface area contributed by atoms with Crippen LogP contribution in [0.2, 0.25) is 0 Å². The Morgan fingerprint density at radius 3 is 2.38 bits per heavy atom. The van der Waals surface area contributed by atoms with Crippen LogP contribution in [0, 0.1) is 0 Å². The van der Waals surface area contributed by atoms with Gasteiger partial charge in [0.25, 0.3) is 0 Å². The number of nitrogens with one attached hydrogen (secondary N) is 1. The van der Waals surface area contributed by atoms with Gasteiger partial charge in [0.05, 0.1) is 6.10 Å². The van der Waals surface area contributed by atoms with Crippen LogP contribution in [0.4, 0.5) is 0 Å². The Morgan fingerprint density at radius 2 is 1.86 bits per heavy atom. The first kappa shape index (κ1) is 17.0. The Hall–Kier alpha value is -2.08. The van der Waals surface area contributed by atoms with Crippen LogP contribution < -0.4 is 5.32 Å². The number of amides is 1. The lowest BCUT2D eigenvalue weighted by Gasteiger charge is -2.19. The molecule has 0 heterocycles. The van der Waals surface area contributed by atoms with Gasteiger partial charge in [-0.05, 0) is 31.5 Å². The molecule has 0 radical (unpaired) electrons. The van der Waals surface area contributed by atoms with Crippen LogP contribution >= 0.6 is 0 Å². The van der Waals surface area contributed by atoms with E-state index in [4.69, 9.17) is 9.47 Å². The predicted molar refractivity (Wildman–Crippen MR) is 76.8 cm³/mol. The largest absolute Gasteiger partial charge is 0.508 e. The molecule has 1 amide bonds. The summed E-state index contributed by atoms with van der Waals surface area (Å²) in [6.07, 6.45) is 0.0144. The molecule has 116 valence electrons. The lowest BCUT2D eigenvalue weighted by Crippen LogP contribution is -2.45. The number of phenolic OH excluding ortho intramolecular Hbond substituents is 1. The van der Waals surface area contributed by atoms with Crippen molar-refractivity contribution in [3.8, 4) is 5.75 Å². The molecule has 0 aliphatic carbocycles. The summed E-state index contributed by atoms with van der Waals surface area (Å²) in [6, 6.07) is 5.63. The lowest BCUT2D eigenvalue weighted by molar-refractivity contribution is -0.151. The van der Waals surface area contributed by atoms with Gasteiger partial charge in [-0.2, -0.15) is 0 Å². The SMILES string of the molecule is COCC(=O)N[C@@H](Cc1ccc(O)cc1)C(=O)OC(C)C. The van der Waals surface area contributed by atoms with E-state index in [9.17, 15) is 14.7 Å². The highest BCUT2D eigenvalue weighted by Crippen LogP contribution is 2.12. The number of hydrogen-bond donors (Lipinski definition) is 2. The smallest absolute Gasteiger partial charge is 0.329 e. The molecular weight excluding hydrogens is 274 g/mol. The van der Waals surface area contributed by atoms with Gasteiger partial charge < -0.3 is 19.9 Å². The minimum Gasteiger partial charge on any atom is -0.508 e. The number of hydrogen-bond acceptors (Lipinski definition) is 5. The molecule has 1 rings (SSSR count). The fraction of sp³-hybridized carbons (Fsp3) is 0.467. The maximum atomic E-state index is 12.0. The van der Waals surface area contributed by atoms with Crippen molar-refractivity contribution in [3.63, 3.8) is 0 Å². The molecule has 0 aliphatic rings. The van der Waals surface area contributed by atoms with Crippen LogP contribution in [0.25, 0.3) is 0 Å². The van der Waals surface area contributed by atoms with Crippen LogP contribution in [0.5, 0.6) is 5.75 Å². The average Bonchev–Trinajstić information content (AvgIpc) is 2.40. The van der Waals surface area contributed by atoms with Gasteiger partial charge in [0.15, 0.2) is 0 Å². The molecular formula is C15H21NO5. The minimum atomic E-state index is -0.792. The summed E-state index contributed by atoms with van der Waals surface area (Å²) in [6.45, 7) is 3.36. The predicted octanol–water partition coefficient (Wildman–Crippen LogP) is 1.02. The molecule has 0 bridgehead atoms. The fourth-order valence-electron chi connectivity index (χ4n) is 1.74. The number of methoxy groups -OCH3 is 1. The highest BCUT2D eigenvalue weighted by molar-refractivity contribution is 5.85. The van der Waals surface area contributed by atoms with Gasteiger partial charge in [-0.1, -0.05) is 12.1 Å². The number of carbonyl (C=O) groups is 2. The zero-order chi connectivity index (χ0) is 15.8. The number of phenols is 1. The average molecular weight is 295 g/mol. The third-order valence-electron chi connectivity index (χ3n) is 2.62. The topological polar surface area (TPSA) is 84.9 Å². The van der Waals surface area contributed by atoms with E-state index in [2.05, 4.69) is 5.32 Å². The van der Waals surface area contributed by atoms with Gasteiger partial charge in [-0.3, -0.25) is 4.79 Å². The molecule has 0 fully saturated rings. The van der Waals surface area contributed by atoms with Crippen molar-refractivity contribution in [1.29, 1.82) is 0 Å². The first-order chi connectivity index (χ1) is 9.92. The maximum Gasteiger partial charge on any atom is 0.329 e. The third-order valence-corrected chi connectivity index (χ3v) is 2.62. The Morgan fingerprint density at radius 1 is 1.24 bits per heavy atom. The summed E-state index contributed by atoms with van der Waals surface area (Å²) in [5.41, 5.74) is 0.802. The summed E-state index contributed by atoms with van der Waals surface area (Å²) in [5, 5.41) is 11.8. The molecule has 21 heavy (non-hydrogen) atoms. The summed E-state index contributed by atoms with van der Waals surface area (Å²) < 4.78 is 9.88. The fourth-order valence-corrected chi connectivity index (χ4v) is 1.74. The van der Waals surface area contributed by atoms with Gasteiger partial charge >= 0.3 is 5.97 Å². The Labute approximate surface area is 124 Å². The zero-order valence-electron chi connectivity index (χ0n) is 12.5. The molecule has 2 N–H and O–H groups in total. The Kier molecular flexibility index (Phi) is 6.68. The van der Waals surface area contributed by atoms with E-state index in [-0.39, 0.29) is 30.8 Å². The second kappa shape index (κ2) is 8.26. The highest BCUT2D eigenvalue weighted by atomic mass is 16.5. The monoisotopic (exact) mass is 295 g/mol. The summed E-state index contributed by atoms with van der Waals surface area (Å²) >= 11 is 0. The van der Waals surface area contributed by atoms with Gasteiger partial charge in [0.1, 0.15) is 18.4 Å². The van der Waals surface area contributed by atoms with Crippen molar-refractivity contribution < 1.29 is 24.2 Å². The van der Waals surface area contributed by atoms with Gasteiger partial charge in [0.2, 0.25) is 5.91 Å². The van der Waals surface area contributed by atoms with Crippen LogP contribution in [0.3, 0.4) is 0 Å². The van der Waals surface area contributed by atoms with Crippen LogP contribution in [0.15, 0.2) is 24.3 Å². The van der Waals surface area contributed by atoms with Crippen molar-refractivity contribution in [2.45, 2.75) is 32.4 Å². The summed E-state index contributed by atoms with van der Waals surface area (Å²) in [5.74, 6) is -0.743. The molecule has 1 atom stereocenters. The number of aromatic hydroxyl groups is 1. The van der Waals surface area contributed by atoms with Gasteiger partial charge in [-0.15, -0.1) is 0 Å². The number of benzene rings is 1. The van der Waals surface area contributed by atoms with Crippen molar-refractivity contribution in [2.24, 2.45) is 0 Å². The van der Waals surface area contributed by atoms with Crippen molar-refractivity contribution >= 4 is 11.9 Å². The molecule has 0 spiro atoms. The third kappa shape index (κ3) is 6.27. The first-order valence-electron chi connectivity index (χ1n) is 6.69. The van der Waals surface area contributed by atoms with Gasteiger partial charge in [0, 0.05) is 13.5 Å². The standard InChI is InChI=1S/C15H21NO5/c1-10(2)21-15(19)13(16-14(18)9-20-3)8-11-4-6-12(17)7-5-11/h4-7,10,13,17H,8-9H2,1-3H3,(H,16,18)/t13-/m0/s1. The van der Waals surface area contributed by atoms with E-state index in [1.165, 1.54) is 19.2 Å².